The van der Waals surface area contributed by atoms with Crippen LogP contribution in [0.5, 0.6) is 5.75 Å². The molecule has 1 aliphatic rings. The third-order valence-corrected chi connectivity index (χ3v) is 5.70. The molecule has 6 nitrogen and oxygen atoms in total. The number of thiocarbonyl (C=S) groups is 1. The molecule has 2 N–H and O–H groups in total. The molecule has 1 aliphatic heterocycles. The molecule has 0 saturated carbocycles. The predicted octanol–water partition coefficient (Wildman–Crippen LogP) is 4.27. The Balaban J connectivity index is 1.60. The van der Waals surface area contributed by atoms with Gasteiger partial charge in [0.1, 0.15) is 5.75 Å². The van der Waals surface area contributed by atoms with Gasteiger partial charge in [-0.05, 0) is 55.2 Å². The van der Waals surface area contributed by atoms with Gasteiger partial charge in [-0.1, -0.05) is 30.1 Å². The molecule has 1 fully saturated rings. The Morgan fingerprint density at radius 2 is 1.80 bits per heavy atom. The summed E-state index contributed by atoms with van der Waals surface area (Å²) in [6, 6.07) is 11.0. The van der Waals surface area contributed by atoms with Crippen molar-refractivity contribution in [1.82, 2.24) is 10.2 Å². The number of anilines is 2. The van der Waals surface area contributed by atoms with Crippen LogP contribution in [0.3, 0.4) is 0 Å². The zero-order chi connectivity index (χ0) is 21.7. The Labute approximate surface area is 192 Å². The Bertz CT molecular complexity index is 916. The van der Waals surface area contributed by atoms with Crippen LogP contribution in [-0.2, 0) is 0 Å². The van der Waals surface area contributed by atoms with Crippen LogP contribution in [0, 0.1) is 0 Å². The number of benzene rings is 2. The van der Waals surface area contributed by atoms with E-state index in [-0.39, 0.29) is 21.4 Å². The van der Waals surface area contributed by atoms with Gasteiger partial charge in [-0.3, -0.25) is 10.1 Å². The molecule has 1 amide bonds. The number of likely N-dealkylation sites (N-methyl/N-ethyl adjacent to an activating group) is 1. The van der Waals surface area contributed by atoms with Gasteiger partial charge in [-0.15, -0.1) is 0 Å². The van der Waals surface area contributed by atoms with Gasteiger partial charge in [-0.2, -0.15) is 0 Å². The first-order chi connectivity index (χ1) is 14.4. The minimum Gasteiger partial charge on any atom is -0.494 e. The molecule has 0 atom stereocenters. The fourth-order valence-corrected chi connectivity index (χ4v) is 4.13. The van der Waals surface area contributed by atoms with Crippen molar-refractivity contribution in [2.24, 2.45) is 0 Å². The van der Waals surface area contributed by atoms with Crippen LogP contribution in [0.25, 0.3) is 0 Å². The third kappa shape index (κ3) is 5.55. The summed E-state index contributed by atoms with van der Waals surface area (Å²) >= 11 is 17.4. The van der Waals surface area contributed by atoms with E-state index in [4.69, 9.17) is 40.2 Å². The summed E-state index contributed by atoms with van der Waals surface area (Å²) in [7, 11) is 1.44. The van der Waals surface area contributed by atoms with E-state index < -0.39 is 5.91 Å². The predicted molar refractivity (Wildman–Crippen MR) is 127 cm³/mol. The second-order valence-corrected chi connectivity index (χ2v) is 8.10. The van der Waals surface area contributed by atoms with E-state index in [0.717, 1.165) is 38.4 Å². The smallest absolute Gasteiger partial charge is 0.261 e. The number of nitrogens with zero attached hydrogens (tertiary/aromatic N) is 2. The van der Waals surface area contributed by atoms with Crippen LogP contribution < -0.4 is 20.3 Å². The number of rotatable bonds is 5. The monoisotopic (exact) mass is 466 g/mol. The topological polar surface area (TPSA) is 56.8 Å². The summed E-state index contributed by atoms with van der Waals surface area (Å²) < 4.78 is 5.21. The van der Waals surface area contributed by atoms with E-state index in [0.29, 0.717) is 5.02 Å². The highest BCUT2D eigenvalue weighted by molar-refractivity contribution is 7.80. The normalized spacial score (nSPS) is 14.3. The lowest BCUT2D eigenvalue weighted by Gasteiger charge is -2.35. The Morgan fingerprint density at radius 3 is 2.40 bits per heavy atom. The van der Waals surface area contributed by atoms with Gasteiger partial charge in [0.2, 0.25) is 0 Å². The van der Waals surface area contributed by atoms with E-state index in [2.05, 4.69) is 27.4 Å². The Morgan fingerprint density at radius 1 is 1.13 bits per heavy atom. The SMILES string of the molecule is CCN1CCN(c2ccc(NC(=S)NC(=O)c3cc(Cl)cc(Cl)c3OC)cc2)CC1. The first-order valence-corrected chi connectivity index (χ1v) is 10.8. The molecular formula is C21H24Cl2N4O2S. The van der Waals surface area contributed by atoms with Gasteiger partial charge in [0.25, 0.3) is 5.91 Å². The van der Waals surface area contributed by atoms with Crippen LogP contribution in [0.2, 0.25) is 10.0 Å². The summed E-state index contributed by atoms with van der Waals surface area (Å²) in [5.74, 6) is -0.215. The van der Waals surface area contributed by atoms with Crippen molar-refractivity contribution < 1.29 is 9.53 Å². The number of ether oxygens (including phenoxy) is 1. The number of hydrogen-bond donors (Lipinski definition) is 2. The van der Waals surface area contributed by atoms with Crippen molar-refractivity contribution in [3.63, 3.8) is 0 Å². The van der Waals surface area contributed by atoms with Crippen molar-refractivity contribution in [1.29, 1.82) is 0 Å². The molecule has 160 valence electrons. The quantitative estimate of drug-likeness (QED) is 0.641. The second kappa shape index (κ2) is 10.3. The van der Waals surface area contributed by atoms with Gasteiger partial charge in [0.05, 0.1) is 17.7 Å². The first-order valence-electron chi connectivity index (χ1n) is 9.64. The summed E-state index contributed by atoms with van der Waals surface area (Å²) in [5.41, 5.74) is 2.16. The van der Waals surface area contributed by atoms with Crippen LogP contribution in [0.1, 0.15) is 17.3 Å². The van der Waals surface area contributed by atoms with Crippen molar-refractivity contribution in [3.8, 4) is 5.75 Å². The number of amides is 1. The molecule has 0 bridgehead atoms. The molecule has 3 rings (SSSR count). The van der Waals surface area contributed by atoms with Gasteiger partial charge < -0.3 is 19.9 Å². The fourth-order valence-electron chi connectivity index (χ4n) is 3.35. The van der Waals surface area contributed by atoms with Crippen LogP contribution in [0.4, 0.5) is 11.4 Å². The minimum atomic E-state index is -0.459. The molecule has 0 aromatic heterocycles. The van der Waals surface area contributed by atoms with Crippen molar-refractivity contribution >= 4 is 57.8 Å². The Hall–Kier alpha value is -2.06. The highest BCUT2D eigenvalue weighted by atomic mass is 35.5. The summed E-state index contributed by atoms with van der Waals surface area (Å²) in [6.07, 6.45) is 0. The Kier molecular flexibility index (Phi) is 7.77. The summed E-state index contributed by atoms with van der Waals surface area (Å²) in [4.78, 5) is 17.4. The average molecular weight is 467 g/mol. The molecule has 2 aromatic rings. The number of methoxy groups -OCH3 is 1. The van der Waals surface area contributed by atoms with Gasteiger partial charge in [0.15, 0.2) is 5.11 Å². The number of carbonyl (C=O) groups excluding carboxylic acids is 1. The molecule has 1 saturated heterocycles. The lowest BCUT2D eigenvalue weighted by atomic mass is 10.2. The lowest BCUT2D eigenvalue weighted by molar-refractivity contribution is 0.0975. The molecule has 0 spiro atoms. The number of carbonyl (C=O) groups is 1. The van der Waals surface area contributed by atoms with Gasteiger partial charge >= 0.3 is 0 Å². The standard InChI is InChI=1S/C21H24Cl2N4O2S/c1-3-26-8-10-27(11-9-26)16-6-4-15(5-7-16)24-21(30)25-20(28)17-12-14(22)13-18(23)19(17)29-2/h4-7,12-13H,3,8-11H2,1-2H3,(H2,24,25,28,30). The zero-order valence-electron chi connectivity index (χ0n) is 16.9. The van der Waals surface area contributed by atoms with E-state index in [9.17, 15) is 4.79 Å². The van der Waals surface area contributed by atoms with Gasteiger partial charge in [0, 0.05) is 42.6 Å². The van der Waals surface area contributed by atoms with Crippen molar-refractivity contribution in [2.75, 3.05) is 50.1 Å². The number of nitrogens with one attached hydrogen (secondary N) is 2. The maximum Gasteiger partial charge on any atom is 0.261 e. The third-order valence-electron chi connectivity index (χ3n) is 4.99. The van der Waals surface area contributed by atoms with Crippen LogP contribution in [-0.4, -0.2) is 55.8 Å². The zero-order valence-corrected chi connectivity index (χ0v) is 19.2. The van der Waals surface area contributed by atoms with Crippen LogP contribution >= 0.6 is 35.4 Å². The van der Waals surface area contributed by atoms with E-state index >= 15 is 0 Å². The molecule has 9 heteroatoms. The van der Waals surface area contributed by atoms with Crippen LogP contribution in [0.15, 0.2) is 36.4 Å². The largest absolute Gasteiger partial charge is 0.494 e. The highest BCUT2D eigenvalue weighted by Crippen LogP contribution is 2.32. The lowest BCUT2D eigenvalue weighted by Crippen LogP contribution is -2.46. The molecule has 2 aromatic carbocycles. The number of hydrogen-bond acceptors (Lipinski definition) is 5. The minimum absolute atomic E-state index is 0.169. The molecule has 1 heterocycles. The second-order valence-electron chi connectivity index (χ2n) is 6.84. The average Bonchev–Trinajstić information content (AvgIpc) is 2.73. The highest BCUT2D eigenvalue weighted by Gasteiger charge is 2.18. The van der Waals surface area contributed by atoms with E-state index in [1.807, 2.05) is 24.3 Å². The summed E-state index contributed by atoms with van der Waals surface area (Å²) in [5, 5.41) is 6.41. The molecule has 0 aliphatic carbocycles. The fraction of sp³-hybridized carbons (Fsp3) is 0.333. The maximum absolute atomic E-state index is 12.6. The number of halogens is 2. The van der Waals surface area contributed by atoms with Gasteiger partial charge in [-0.25, -0.2) is 0 Å². The van der Waals surface area contributed by atoms with E-state index in [1.165, 1.54) is 24.9 Å². The molecule has 30 heavy (non-hydrogen) atoms. The van der Waals surface area contributed by atoms with E-state index in [1.54, 1.807) is 0 Å². The summed E-state index contributed by atoms with van der Waals surface area (Å²) in [6.45, 7) is 7.45. The molecule has 0 radical (unpaired) electrons. The van der Waals surface area contributed by atoms with Crippen molar-refractivity contribution in [2.45, 2.75) is 6.92 Å². The first kappa shape index (κ1) is 22.6. The molecule has 0 unspecified atom stereocenters. The maximum atomic E-state index is 12.6. The van der Waals surface area contributed by atoms with Crippen molar-refractivity contribution in [3.05, 3.63) is 52.0 Å². The molecular weight excluding hydrogens is 443 g/mol. The number of piperazine rings is 1.